The van der Waals surface area contributed by atoms with Crippen molar-refractivity contribution in [2.45, 2.75) is 33.9 Å². The molecule has 25 heavy (non-hydrogen) atoms. The van der Waals surface area contributed by atoms with E-state index in [0.717, 1.165) is 17.0 Å². The Morgan fingerprint density at radius 2 is 1.92 bits per heavy atom. The van der Waals surface area contributed by atoms with Crippen LogP contribution in [0.3, 0.4) is 0 Å². The lowest BCUT2D eigenvalue weighted by Crippen LogP contribution is -2.15. The SMILES string of the molecule is CCn1cc(Cl)c(C(=O)Nc2c(C)nn(Cc3ccccc3)c2C)n1. The quantitative estimate of drug-likeness (QED) is 0.757. The van der Waals surface area contributed by atoms with Crippen LogP contribution in [-0.4, -0.2) is 25.5 Å². The predicted molar refractivity (Wildman–Crippen MR) is 98.1 cm³/mol. The average molecular weight is 358 g/mol. The Morgan fingerprint density at radius 1 is 1.20 bits per heavy atom. The van der Waals surface area contributed by atoms with Gasteiger partial charge in [0.2, 0.25) is 0 Å². The Labute approximate surface area is 151 Å². The summed E-state index contributed by atoms with van der Waals surface area (Å²) in [5.41, 5.74) is 3.71. The number of halogens is 1. The van der Waals surface area contributed by atoms with E-state index >= 15 is 0 Å². The van der Waals surface area contributed by atoms with Crippen molar-refractivity contribution >= 4 is 23.2 Å². The molecule has 6 nitrogen and oxygen atoms in total. The average Bonchev–Trinajstić information content (AvgIpc) is 3.11. The fourth-order valence-electron chi connectivity index (χ4n) is 2.67. The summed E-state index contributed by atoms with van der Waals surface area (Å²) in [4.78, 5) is 12.5. The number of nitrogens with one attached hydrogen (secondary N) is 1. The number of benzene rings is 1. The van der Waals surface area contributed by atoms with Crippen LogP contribution in [0.5, 0.6) is 0 Å². The number of hydrogen-bond acceptors (Lipinski definition) is 3. The van der Waals surface area contributed by atoms with Gasteiger partial charge >= 0.3 is 0 Å². The zero-order valence-corrected chi connectivity index (χ0v) is 15.2. The smallest absolute Gasteiger partial charge is 0.277 e. The number of aryl methyl sites for hydroxylation is 2. The van der Waals surface area contributed by atoms with Gasteiger partial charge < -0.3 is 5.32 Å². The van der Waals surface area contributed by atoms with Crippen molar-refractivity contribution in [3.63, 3.8) is 0 Å². The molecule has 3 rings (SSSR count). The molecule has 2 aromatic heterocycles. The fraction of sp³-hybridized carbons (Fsp3) is 0.278. The first kappa shape index (κ1) is 17.2. The molecule has 0 unspecified atom stereocenters. The second kappa shape index (κ2) is 7.11. The topological polar surface area (TPSA) is 64.7 Å². The number of amides is 1. The Morgan fingerprint density at radius 3 is 2.56 bits per heavy atom. The normalized spacial score (nSPS) is 10.9. The molecule has 3 aromatic rings. The maximum Gasteiger partial charge on any atom is 0.277 e. The highest BCUT2D eigenvalue weighted by molar-refractivity contribution is 6.34. The molecular formula is C18H20ClN5O. The van der Waals surface area contributed by atoms with Crippen molar-refractivity contribution in [3.8, 4) is 0 Å². The van der Waals surface area contributed by atoms with Gasteiger partial charge in [-0.1, -0.05) is 41.9 Å². The van der Waals surface area contributed by atoms with Crippen molar-refractivity contribution in [3.05, 3.63) is 64.2 Å². The van der Waals surface area contributed by atoms with Crippen LogP contribution in [0.4, 0.5) is 5.69 Å². The van der Waals surface area contributed by atoms with Crippen molar-refractivity contribution in [1.82, 2.24) is 19.6 Å². The molecule has 0 aliphatic carbocycles. The van der Waals surface area contributed by atoms with Gasteiger partial charge in [0.15, 0.2) is 5.69 Å². The minimum Gasteiger partial charge on any atom is -0.317 e. The molecule has 0 saturated heterocycles. The van der Waals surface area contributed by atoms with Gasteiger partial charge in [-0.25, -0.2) is 0 Å². The Bertz CT molecular complexity index is 898. The van der Waals surface area contributed by atoms with E-state index in [0.29, 0.717) is 23.8 Å². The van der Waals surface area contributed by atoms with E-state index in [-0.39, 0.29) is 11.6 Å². The first-order chi connectivity index (χ1) is 12.0. The number of carbonyl (C=O) groups excluding carboxylic acids is 1. The largest absolute Gasteiger partial charge is 0.317 e. The highest BCUT2D eigenvalue weighted by atomic mass is 35.5. The molecule has 0 atom stereocenters. The first-order valence-electron chi connectivity index (χ1n) is 8.11. The molecule has 0 radical (unpaired) electrons. The summed E-state index contributed by atoms with van der Waals surface area (Å²) >= 11 is 6.11. The molecule has 1 amide bonds. The molecular weight excluding hydrogens is 338 g/mol. The van der Waals surface area contributed by atoms with E-state index in [1.807, 2.05) is 55.8 Å². The van der Waals surface area contributed by atoms with Gasteiger partial charge in [-0.3, -0.25) is 14.2 Å². The summed E-state index contributed by atoms with van der Waals surface area (Å²) in [6.45, 7) is 7.04. The molecule has 0 spiro atoms. The molecule has 1 aromatic carbocycles. The van der Waals surface area contributed by atoms with Gasteiger partial charge in [0.05, 0.1) is 28.6 Å². The summed E-state index contributed by atoms with van der Waals surface area (Å²) in [5, 5.41) is 12.0. The maximum absolute atomic E-state index is 12.5. The van der Waals surface area contributed by atoms with Gasteiger partial charge in [0, 0.05) is 12.7 Å². The summed E-state index contributed by atoms with van der Waals surface area (Å²) < 4.78 is 3.52. The van der Waals surface area contributed by atoms with E-state index in [2.05, 4.69) is 15.5 Å². The number of carbonyl (C=O) groups is 1. The summed E-state index contributed by atoms with van der Waals surface area (Å²) in [5.74, 6) is -0.331. The van der Waals surface area contributed by atoms with E-state index in [1.54, 1.807) is 10.9 Å². The lowest BCUT2D eigenvalue weighted by molar-refractivity contribution is 0.102. The highest BCUT2D eigenvalue weighted by Gasteiger charge is 2.19. The minimum absolute atomic E-state index is 0.220. The third kappa shape index (κ3) is 3.58. The first-order valence-corrected chi connectivity index (χ1v) is 8.49. The Hall–Kier alpha value is -2.60. The number of anilines is 1. The van der Waals surface area contributed by atoms with E-state index in [1.165, 1.54) is 0 Å². The van der Waals surface area contributed by atoms with Crippen molar-refractivity contribution in [2.24, 2.45) is 0 Å². The summed E-state index contributed by atoms with van der Waals surface area (Å²) in [6.07, 6.45) is 1.65. The van der Waals surface area contributed by atoms with Crippen LogP contribution in [0.15, 0.2) is 36.5 Å². The number of rotatable bonds is 5. The van der Waals surface area contributed by atoms with Crippen LogP contribution in [-0.2, 0) is 13.1 Å². The van der Waals surface area contributed by atoms with E-state index in [9.17, 15) is 4.79 Å². The Balaban J connectivity index is 1.83. The monoisotopic (exact) mass is 357 g/mol. The molecule has 0 aliphatic heterocycles. The third-order valence-electron chi connectivity index (χ3n) is 4.05. The van der Waals surface area contributed by atoms with Crippen LogP contribution in [0.1, 0.15) is 34.4 Å². The van der Waals surface area contributed by atoms with Crippen molar-refractivity contribution < 1.29 is 4.79 Å². The van der Waals surface area contributed by atoms with Crippen LogP contribution in [0.25, 0.3) is 0 Å². The van der Waals surface area contributed by atoms with Crippen LogP contribution in [0, 0.1) is 13.8 Å². The van der Waals surface area contributed by atoms with Gasteiger partial charge in [0.25, 0.3) is 5.91 Å². The van der Waals surface area contributed by atoms with E-state index < -0.39 is 0 Å². The van der Waals surface area contributed by atoms with Gasteiger partial charge in [-0.15, -0.1) is 0 Å². The number of nitrogens with zero attached hydrogens (tertiary/aromatic N) is 4. The zero-order chi connectivity index (χ0) is 18.0. The summed E-state index contributed by atoms with van der Waals surface area (Å²) in [7, 11) is 0. The van der Waals surface area contributed by atoms with Gasteiger partial charge in [-0.2, -0.15) is 10.2 Å². The third-order valence-corrected chi connectivity index (χ3v) is 4.33. The fourth-order valence-corrected chi connectivity index (χ4v) is 2.91. The molecule has 2 heterocycles. The van der Waals surface area contributed by atoms with Crippen LogP contribution >= 0.6 is 11.6 Å². The van der Waals surface area contributed by atoms with E-state index in [4.69, 9.17) is 11.6 Å². The molecule has 0 aliphatic rings. The maximum atomic E-state index is 12.5. The highest BCUT2D eigenvalue weighted by Crippen LogP contribution is 2.22. The lowest BCUT2D eigenvalue weighted by atomic mass is 10.2. The van der Waals surface area contributed by atoms with Crippen LogP contribution in [0.2, 0.25) is 5.02 Å². The molecule has 7 heteroatoms. The minimum atomic E-state index is -0.331. The van der Waals surface area contributed by atoms with Gasteiger partial charge in [-0.05, 0) is 26.3 Å². The second-order valence-corrected chi connectivity index (χ2v) is 6.23. The van der Waals surface area contributed by atoms with Gasteiger partial charge in [0.1, 0.15) is 0 Å². The Kier molecular flexibility index (Phi) is 4.90. The number of aromatic nitrogens is 4. The molecule has 0 fully saturated rings. The van der Waals surface area contributed by atoms with Crippen LogP contribution < -0.4 is 5.32 Å². The molecule has 1 N–H and O–H groups in total. The number of hydrogen-bond donors (Lipinski definition) is 1. The van der Waals surface area contributed by atoms with Crippen molar-refractivity contribution in [2.75, 3.05) is 5.32 Å². The standard InChI is InChI=1S/C18H20ClN5O/c1-4-23-11-15(19)17(22-23)18(25)20-16-12(2)21-24(13(16)3)10-14-8-6-5-7-9-14/h5-9,11H,4,10H2,1-3H3,(H,20,25). The zero-order valence-electron chi connectivity index (χ0n) is 14.5. The lowest BCUT2D eigenvalue weighted by Gasteiger charge is -2.06. The second-order valence-electron chi connectivity index (χ2n) is 5.82. The van der Waals surface area contributed by atoms with Crippen molar-refractivity contribution in [1.29, 1.82) is 0 Å². The molecule has 130 valence electrons. The molecule has 0 saturated carbocycles. The molecule has 0 bridgehead atoms. The summed E-state index contributed by atoms with van der Waals surface area (Å²) in [6, 6.07) is 10.1. The predicted octanol–water partition coefficient (Wildman–Crippen LogP) is 3.67.